The van der Waals surface area contributed by atoms with Gasteiger partial charge in [-0.1, -0.05) is 28.1 Å². The first kappa shape index (κ1) is 18.0. The van der Waals surface area contributed by atoms with Gasteiger partial charge in [0, 0.05) is 10.0 Å². The molecule has 0 atom stereocenters. The largest absolute Gasteiger partial charge is 0.481 e. The van der Waals surface area contributed by atoms with Crippen molar-refractivity contribution in [2.45, 2.75) is 4.90 Å². The van der Waals surface area contributed by atoms with Crippen LogP contribution in [0.5, 0.6) is 5.75 Å². The summed E-state index contributed by atoms with van der Waals surface area (Å²) in [5, 5.41) is 12.3. The van der Waals surface area contributed by atoms with E-state index in [1.807, 2.05) is 0 Å². The quantitative estimate of drug-likeness (QED) is 0.535. The van der Waals surface area contributed by atoms with Crippen LogP contribution in [0.4, 0.5) is 0 Å². The zero-order valence-corrected chi connectivity index (χ0v) is 14.6. The van der Waals surface area contributed by atoms with Gasteiger partial charge in [-0.05, 0) is 36.4 Å². The molecule has 2 rings (SSSR count). The van der Waals surface area contributed by atoms with Gasteiger partial charge in [0.2, 0.25) is 0 Å². The Hall–Kier alpha value is -2.39. The lowest BCUT2D eigenvalue weighted by molar-refractivity contribution is -0.139. The first-order valence-electron chi connectivity index (χ1n) is 6.62. The van der Waals surface area contributed by atoms with E-state index in [0.29, 0.717) is 5.56 Å². The molecular weight excluding hydrogens is 400 g/mol. The van der Waals surface area contributed by atoms with Gasteiger partial charge in [-0.2, -0.15) is 13.5 Å². The second kappa shape index (κ2) is 7.93. The number of halogens is 1. The number of para-hydroxylation sites is 1. The standard InChI is InChI=1S/C15H13BrN2O5S/c16-12-5-7-13(8-6-12)24(21,22)18-17-9-11-3-1-2-4-14(11)23-10-15(19)20/h1-9,18H,10H2,(H,19,20). The molecule has 2 aromatic carbocycles. The van der Waals surface area contributed by atoms with Gasteiger partial charge in [0.05, 0.1) is 11.1 Å². The SMILES string of the molecule is O=C(O)COc1ccccc1C=NNS(=O)(=O)c1ccc(Br)cc1. The van der Waals surface area contributed by atoms with Crippen molar-refractivity contribution >= 4 is 38.1 Å². The summed E-state index contributed by atoms with van der Waals surface area (Å²) < 4.78 is 30.0. The van der Waals surface area contributed by atoms with Gasteiger partial charge in [-0.25, -0.2) is 9.63 Å². The van der Waals surface area contributed by atoms with Crippen LogP contribution in [-0.2, 0) is 14.8 Å². The molecule has 0 amide bonds. The molecule has 0 aromatic heterocycles. The van der Waals surface area contributed by atoms with Crippen molar-refractivity contribution in [3.63, 3.8) is 0 Å². The topological polar surface area (TPSA) is 105 Å². The zero-order chi connectivity index (χ0) is 17.6. The normalized spacial score (nSPS) is 11.4. The van der Waals surface area contributed by atoms with Crippen LogP contribution in [0.2, 0.25) is 0 Å². The molecule has 0 aliphatic carbocycles. The number of hydrogen-bond acceptors (Lipinski definition) is 5. The number of nitrogens with zero attached hydrogens (tertiary/aromatic N) is 1. The van der Waals surface area contributed by atoms with Crippen molar-refractivity contribution in [1.29, 1.82) is 0 Å². The van der Waals surface area contributed by atoms with E-state index >= 15 is 0 Å². The molecule has 24 heavy (non-hydrogen) atoms. The molecule has 2 N–H and O–H groups in total. The molecule has 0 fully saturated rings. The van der Waals surface area contributed by atoms with Crippen molar-refractivity contribution in [1.82, 2.24) is 4.83 Å². The maximum absolute atomic E-state index is 12.1. The molecular formula is C15H13BrN2O5S. The molecule has 0 spiro atoms. The van der Waals surface area contributed by atoms with E-state index in [0.717, 1.165) is 4.47 Å². The first-order chi connectivity index (χ1) is 11.4. The summed E-state index contributed by atoms with van der Waals surface area (Å²) in [5.41, 5.74) is 0.442. The number of carboxylic acid groups (broad SMARTS) is 1. The van der Waals surface area contributed by atoms with E-state index in [9.17, 15) is 13.2 Å². The summed E-state index contributed by atoms with van der Waals surface area (Å²) in [4.78, 5) is 12.7. The number of carbonyl (C=O) groups is 1. The fourth-order valence-corrected chi connectivity index (χ4v) is 2.75. The van der Waals surface area contributed by atoms with E-state index in [4.69, 9.17) is 9.84 Å². The van der Waals surface area contributed by atoms with Crippen LogP contribution in [0.15, 0.2) is 63.0 Å². The number of nitrogens with one attached hydrogen (secondary N) is 1. The second-order valence-corrected chi connectivity index (χ2v) is 7.10. The Morgan fingerprint density at radius 3 is 2.54 bits per heavy atom. The van der Waals surface area contributed by atoms with Gasteiger partial charge in [-0.3, -0.25) is 0 Å². The third-order valence-electron chi connectivity index (χ3n) is 2.77. The molecule has 126 valence electrons. The smallest absolute Gasteiger partial charge is 0.341 e. The molecule has 9 heteroatoms. The van der Waals surface area contributed by atoms with Gasteiger partial charge < -0.3 is 9.84 Å². The Morgan fingerprint density at radius 2 is 1.88 bits per heavy atom. The predicted molar refractivity (Wildman–Crippen MR) is 91.6 cm³/mol. The van der Waals surface area contributed by atoms with Crippen LogP contribution >= 0.6 is 15.9 Å². The third-order valence-corrected chi connectivity index (χ3v) is 4.54. The molecule has 0 saturated heterocycles. The Bertz CT molecular complexity index is 850. The number of rotatable bonds is 7. The molecule has 2 aromatic rings. The monoisotopic (exact) mass is 412 g/mol. The number of ether oxygens (including phenoxy) is 1. The number of carboxylic acids is 1. The number of benzene rings is 2. The Kier molecular flexibility index (Phi) is 5.93. The van der Waals surface area contributed by atoms with Crippen LogP contribution < -0.4 is 9.57 Å². The lowest BCUT2D eigenvalue weighted by Gasteiger charge is -2.06. The Morgan fingerprint density at radius 1 is 1.21 bits per heavy atom. The molecule has 0 unspecified atom stereocenters. The van der Waals surface area contributed by atoms with Crippen molar-refractivity contribution in [2.75, 3.05) is 6.61 Å². The minimum Gasteiger partial charge on any atom is -0.481 e. The van der Waals surface area contributed by atoms with Crippen molar-refractivity contribution < 1.29 is 23.1 Å². The summed E-state index contributed by atoms with van der Waals surface area (Å²) in [6, 6.07) is 12.6. The fraction of sp³-hybridized carbons (Fsp3) is 0.0667. The summed E-state index contributed by atoms with van der Waals surface area (Å²) in [6.07, 6.45) is 1.24. The maximum atomic E-state index is 12.1. The van der Waals surface area contributed by atoms with E-state index in [1.165, 1.54) is 18.3 Å². The zero-order valence-electron chi connectivity index (χ0n) is 12.2. The number of sulfonamides is 1. The highest BCUT2D eigenvalue weighted by Crippen LogP contribution is 2.16. The minimum atomic E-state index is -3.79. The summed E-state index contributed by atoms with van der Waals surface area (Å²) in [7, 11) is -3.79. The Labute approximate surface area is 147 Å². The van der Waals surface area contributed by atoms with Crippen LogP contribution in [0.25, 0.3) is 0 Å². The van der Waals surface area contributed by atoms with Gasteiger partial charge in [0.1, 0.15) is 5.75 Å². The van der Waals surface area contributed by atoms with Crippen LogP contribution in [0, 0.1) is 0 Å². The molecule has 0 aliphatic heterocycles. The molecule has 0 aliphatic rings. The van der Waals surface area contributed by atoms with Crippen molar-refractivity contribution in [3.05, 3.63) is 58.6 Å². The third kappa shape index (κ3) is 5.07. The van der Waals surface area contributed by atoms with Crippen LogP contribution in [0.3, 0.4) is 0 Å². The molecule has 0 bridgehead atoms. The average molecular weight is 413 g/mol. The van der Waals surface area contributed by atoms with Gasteiger partial charge in [0.15, 0.2) is 6.61 Å². The average Bonchev–Trinajstić information content (AvgIpc) is 2.54. The van der Waals surface area contributed by atoms with Crippen LogP contribution in [0.1, 0.15) is 5.56 Å². The number of aliphatic carboxylic acids is 1. The lowest BCUT2D eigenvalue weighted by Crippen LogP contribution is -2.18. The predicted octanol–water partition coefficient (Wildman–Crippen LogP) is 2.22. The van der Waals surface area contributed by atoms with Gasteiger partial charge in [-0.15, -0.1) is 0 Å². The second-order valence-electron chi connectivity index (χ2n) is 4.53. The van der Waals surface area contributed by atoms with Crippen molar-refractivity contribution in [3.8, 4) is 5.75 Å². The maximum Gasteiger partial charge on any atom is 0.341 e. The van der Waals surface area contributed by atoms with Crippen LogP contribution in [-0.4, -0.2) is 32.3 Å². The number of hydrazone groups is 1. The fourth-order valence-electron chi connectivity index (χ4n) is 1.69. The molecule has 0 radical (unpaired) electrons. The molecule has 0 saturated carbocycles. The van der Waals surface area contributed by atoms with E-state index in [-0.39, 0.29) is 10.6 Å². The first-order valence-corrected chi connectivity index (χ1v) is 8.90. The highest BCUT2D eigenvalue weighted by molar-refractivity contribution is 9.10. The number of hydrogen-bond donors (Lipinski definition) is 2. The highest BCUT2D eigenvalue weighted by Gasteiger charge is 2.12. The van der Waals surface area contributed by atoms with E-state index in [2.05, 4.69) is 25.9 Å². The molecule has 7 nitrogen and oxygen atoms in total. The van der Waals surface area contributed by atoms with Gasteiger partial charge in [0.25, 0.3) is 10.0 Å². The van der Waals surface area contributed by atoms with E-state index < -0.39 is 22.6 Å². The summed E-state index contributed by atoms with van der Waals surface area (Å²) in [5.74, 6) is -0.829. The summed E-state index contributed by atoms with van der Waals surface area (Å²) in [6.45, 7) is -0.504. The minimum absolute atomic E-state index is 0.0678. The van der Waals surface area contributed by atoms with Gasteiger partial charge >= 0.3 is 5.97 Å². The Balaban J connectivity index is 2.11. The lowest BCUT2D eigenvalue weighted by atomic mass is 10.2. The van der Waals surface area contributed by atoms with Crippen molar-refractivity contribution in [2.24, 2.45) is 5.10 Å². The highest BCUT2D eigenvalue weighted by atomic mass is 79.9. The molecule has 0 heterocycles. The summed E-state index contributed by atoms with van der Waals surface area (Å²) >= 11 is 3.23. The van der Waals surface area contributed by atoms with E-state index in [1.54, 1.807) is 36.4 Å².